The van der Waals surface area contributed by atoms with E-state index in [2.05, 4.69) is 10.3 Å². The van der Waals surface area contributed by atoms with Crippen molar-refractivity contribution < 1.29 is 27.5 Å². The van der Waals surface area contributed by atoms with Crippen molar-refractivity contribution in [3.63, 3.8) is 0 Å². The van der Waals surface area contributed by atoms with Crippen molar-refractivity contribution in [2.24, 2.45) is 0 Å². The fourth-order valence-electron chi connectivity index (χ4n) is 3.90. The number of anilines is 1. The summed E-state index contributed by atoms with van der Waals surface area (Å²) < 4.78 is 47.4. The minimum atomic E-state index is -0.924. The lowest BCUT2D eigenvalue weighted by molar-refractivity contribution is 0.0956. The van der Waals surface area contributed by atoms with Crippen molar-refractivity contribution in [3.05, 3.63) is 87.9 Å². The molecule has 0 bridgehead atoms. The second-order valence-electron chi connectivity index (χ2n) is 7.56. The summed E-state index contributed by atoms with van der Waals surface area (Å²) in [5.41, 5.74) is 2.18. The van der Waals surface area contributed by atoms with Gasteiger partial charge in [0.25, 0.3) is 11.8 Å². The number of carbonyl (C=O) groups excluding carboxylic acids is 2. The minimum absolute atomic E-state index is 0.0710. The number of benzene rings is 2. The van der Waals surface area contributed by atoms with Gasteiger partial charge in [0.05, 0.1) is 18.9 Å². The highest BCUT2D eigenvalue weighted by molar-refractivity contribution is 6.08. The molecule has 0 atom stereocenters. The van der Waals surface area contributed by atoms with E-state index in [-0.39, 0.29) is 24.3 Å². The van der Waals surface area contributed by atoms with E-state index >= 15 is 0 Å². The number of ether oxygens (including phenoxy) is 1. The molecule has 33 heavy (non-hydrogen) atoms. The monoisotopic (exact) mass is 455 g/mol. The van der Waals surface area contributed by atoms with E-state index in [1.165, 1.54) is 31.2 Å². The number of amides is 2. The molecular formula is C24H20F3N3O3. The number of hydrogen-bond acceptors (Lipinski definition) is 4. The van der Waals surface area contributed by atoms with Crippen LogP contribution in [0.15, 0.2) is 42.6 Å². The Morgan fingerprint density at radius 2 is 1.94 bits per heavy atom. The minimum Gasteiger partial charge on any atom is -0.496 e. The van der Waals surface area contributed by atoms with Crippen molar-refractivity contribution in [2.75, 3.05) is 25.6 Å². The van der Waals surface area contributed by atoms with Crippen LogP contribution in [0.2, 0.25) is 0 Å². The highest BCUT2D eigenvalue weighted by Crippen LogP contribution is 2.32. The van der Waals surface area contributed by atoms with Crippen molar-refractivity contribution in [3.8, 4) is 5.75 Å². The predicted molar refractivity (Wildman–Crippen MR) is 115 cm³/mol. The van der Waals surface area contributed by atoms with Gasteiger partial charge in [0, 0.05) is 31.6 Å². The molecular weight excluding hydrogens is 435 g/mol. The Hall–Kier alpha value is -3.88. The van der Waals surface area contributed by atoms with Gasteiger partial charge in [0.2, 0.25) is 0 Å². The topological polar surface area (TPSA) is 71.5 Å². The van der Waals surface area contributed by atoms with Crippen LogP contribution >= 0.6 is 0 Å². The van der Waals surface area contributed by atoms with Crippen LogP contribution in [-0.4, -0.2) is 37.5 Å². The molecule has 0 spiro atoms. The second-order valence-corrected chi connectivity index (χ2v) is 7.56. The van der Waals surface area contributed by atoms with Crippen LogP contribution < -0.4 is 15.0 Å². The molecule has 0 saturated heterocycles. The third-order valence-corrected chi connectivity index (χ3v) is 5.53. The van der Waals surface area contributed by atoms with Gasteiger partial charge in [-0.3, -0.25) is 14.5 Å². The average Bonchev–Trinajstić information content (AvgIpc) is 2.79. The normalized spacial score (nSPS) is 13.0. The molecule has 4 rings (SSSR count). The number of halogens is 3. The van der Waals surface area contributed by atoms with Crippen molar-refractivity contribution in [1.82, 2.24) is 10.3 Å². The summed E-state index contributed by atoms with van der Waals surface area (Å²) in [6, 6.07) is 8.33. The molecule has 0 aliphatic carbocycles. The molecule has 2 aromatic carbocycles. The molecule has 1 aliphatic rings. The summed E-state index contributed by atoms with van der Waals surface area (Å²) in [6.45, 7) is 0.177. The van der Waals surface area contributed by atoms with Gasteiger partial charge in [-0.1, -0.05) is 6.07 Å². The van der Waals surface area contributed by atoms with Gasteiger partial charge >= 0.3 is 0 Å². The first kappa shape index (κ1) is 22.3. The summed E-state index contributed by atoms with van der Waals surface area (Å²) in [7, 11) is 2.91. The Morgan fingerprint density at radius 1 is 1.15 bits per heavy atom. The number of rotatable bonds is 5. The summed E-state index contributed by atoms with van der Waals surface area (Å²) in [5, 5.41) is 2.38. The predicted octanol–water partition coefficient (Wildman–Crippen LogP) is 3.66. The lowest BCUT2D eigenvalue weighted by Gasteiger charge is -2.29. The average molecular weight is 455 g/mol. The quantitative estimate of drug-likeness (QED) is 0.638. The number of fused-ring (bicyclic) bond motifs is 1. The Labute approximate surface area is 188 Å². The van der Waals surface area contributed by atoms with Crippen LogP contribution in [0.25, 0.3) is 0 Å². The fourth-order valence-corrected chi connectivity index (χ4v) is 3.90. The Bertz CT molecular complexity index is 1260. The van der Waals surface area contributed by atoms with Gasteiger partial charge in [-0.2, -0.15) is 0 Å². The van der Waals surface area contributed by atoms with Gasteiger partial charge in [0.15, 0.2) is 11.6 Å². The number of nitrogens with zero attached hydrogens (tertiary/aromatic N) is 2. The van der Waals surface area contributed by atoms with E-state index in [1.54, 1.807) is 18.2 Å². The molecule has 3 aromatic rings. The number of hydrogen-bond donors (Lipinski definition) is 1. The number of methoxy groups -OCH3 is 1. The molecule has 6 nitrogen and oxygen atoms in total. The van der Waals surface area contributed by atoms with Gasteiger partial charge < -0.3 is 10.1 Å². The van der Waals surface area contributed by atoms with E-state index in [9.17, 15) is 22.8 Å². The highest BCUT2D eigenvalue weighted by atomic mass is 19.1. The molecule has 9 heteroatoms. The van der Waals surface area contributed by atoms with Crippen LogP contribution in [0.5, 0.6) is 5.75 Å². The van der Waals surface area contributed by atoms with Gasteiger partial charge in [0.1, 0.15) is 17.4 Å². The standard InChI is InChI=1S/C24H20F3N3O3/c1-28-23(31)17-4-3-13(8-19(17)26)7-15-9-18-14(10-21(15)33-2)5-6-30(24(18)32)22-20(27)11-16(25)12-29-22/h3-4,8-12H,5-7H2,1-2H3,(H,28,31). The summed E-state index contributed by atoms with van der Waals surface area (Å²) in [6.07, 6.45) is 1.52. The summed E-state index contributed by atoms with van der Waals surface area (Å²) in [4.78, 5) is 29.8. The second kappa shape index (κ2) is 8.93. The van der Waals surface area contributed by atoms with E-state index in [1.807, 2.05) is 0 Å². The van der Waals surface area contributed by atoms with Crippen LogP contribution in [0.4, 0.5) is 19.0 Å². The van der Waals surface area contributed by atoms with Gasteiger partial charge in [-0.25, -0.2) is 18.2 Å². The zero-order valence-corrected chi connectivity index (χ0v) is 17.9. The number of aromatic nitrogens is 1. The maximum atomic E-state index is 14.4. The van der Waals surface area contributed by atoms with Crippen LogP contribution in [0, 0.1) is 17.5 Å². The first-order chi connectivity index (χ1) is 15.8. The maximum absolute atomic E-state index is 14.4. The third kappa shape index (κ3) is 4.26. The number of nitrogens with one attached hydrogen (secondary N) is 1. The fraction of sp³-hybridized carbons (Fsp3) is 0.208. The molecule has 0 radical (unpaired) electrons. The summed E-state index contributed by atoms with van der Waals surface area (Å²) >= 11 is 0. The first-order valence-corrected chi connectivity index (χ1v) is 10.2. The lowest BCUT2D eigenvalue weighted by Crippen LogP contribution is -2.39. The molecule has 0 saturated carbocycles. The maximum Gasteiger partial charge on any atom is 0.259 e. The molecule has 1 aliphatic heterocycles. The van der Waals surface area contributed by atoms with E-state index in [0.717, 1.165) is 11.8 Å². The zero-order chi connectivity index (χ0) is 23.7. The lowest BCUT2D eigenvalue weighted by atomic mass is 9.93. The number of carbonyl (C=O) groups is 2. The van der Waals surface area contributed by atoms with Crippen LogP contribution in [0.3, 0.4) is 0 Å². The molecule has 0 unspecified atom stereocenters. The van der Waals surface area contributed by atoms with Crippen molar-refractivity contribution >= 4 is 17.6 Å². The van der Waals surface area contributed by atoms with E-state index in [4.69, 9.17) is 4.74 Å². The number of pyridine rings is 1. The zero-order valence-electron chi connectivity index (χ0n) is 17.9. The Balaban J connectivity index is 1.68. The Morgan fingerprint density at radius 3 is 2.61 bits per heavy atom. The van der Waals surface area contributed by atoms with E-state index in [0.29, 0.717) is 34.9 Å². The first-order valence-electron chi connectivity index (χ1n) is 10.2. The molecule has 1 aromatic heterocycles. The van der Waals surface area contributed by atoms with Crippen LogP contribution in [0.1, 0.15) is 37.4 Å². The Kier molecular flexibility index (Phi) is 6.04. The molecule has 170 valence electrons. The third-order valence-electron chi connectivity index (χ3n) is 5.53. The largest absolute Gasteiger partial charge is 0.496 e. The smallest absolute Gasteiger partial charge is 0.259 e. The molecule has 2 amide bonds. The molecule has 0 fully saturated rings. The van der Waals surface area contributed by atoms with Gasteiger partial charge in [-0.05, 0) is 47.4 Å². The van der Waals surface area contributed by atoms with Crippen LogP contribution in [-0.2, 0) is 12.8 Å². The summed E-state index contributed by atoms with van der Waals surface area (Å²) in [5.74, 6) is -3.14. The van der Waals surface area contributed by atoms with Gasteiger partial charge in [-0.15, -0.1) is 0 Å². The van der Waals surface area contributed by atoms with Crippen molar-refractivity contribution in [1.29, 1.82) is 0 Å². The van der Waals surface area contributed by atoms with Crippen molar-refractivity contribution in [2.45, 2.75) is 12.8 Å². The molecule has 2 heterocycles. The highest BCUT2D eigenvalue weighted by Gasteiger charge is 2.30. The molecule has 1 N–H and O–H groups in total. The SMILES string of the molecule is CNC(=O)c1ccc(Cc2cc3c(cc2OC)CCN(c2ncc(F)cc2F)C3=O)cc1F. The van der Waals surface area contributed by atoms with E-state index < -0.39 is 29.3 Å².